The molecule has 0 unspecified atom stereocenters. The van der Waals surface area contributed by atoms with Crippen LogP contribution in [0.25, 0.3) is 0 Å². The molecule has 3 aromatic rings. The molecule has 0 aliphatic heterocycles. The van der Waals surface area contributed by atoms with E-state index in [9.17, 15) is 0 Å². The maximum absolute atomic E-state index is 6.25. The predicted octanol–water partition coefficient (Wildman–Crippen LogP) is 4.80. The Hall–Kier alpha value is -1.16. The van der Waals surface area contributed by atoms with Crippen LogP contribution in [-0.4, -0.2) is 0 Å². The van der Waals surface area contributed by atoms with E-state index in [1.807, 2.05) is 42.5 Å². The fourth-order valence-corrected chi connectivity index (χ4v) is 3.70. The average Bonchev–Trinajstić information content (AvgIpc) is 2.64. The summed E-state index contributed by atoms with van der Waals surface area (Å²) in [7, 11) is 3.66. The first-order valence-corrected chi connectivity index (χ1v) is 9.95. The molecule has 0 fully saturated rings. The fraction of sp³-hybridized carbons (Fsp3) is 0. The van der Waals surface area contributed by atoms with Gasteiger partial charge in [-0.1, -0.05) is 78.9 Å². The van der Waals surface area contributed by atoms with Gasteiger partial charge in [-0.3, -0.25) is 0 Å². The average molecular weight is 420 g/mol. The summed E-state index contributed by atoms with van der Waals surface area (Å²) in [6.07, 6.45) is 0. The molecule has 0 saturated carbocycles. The van der Waals surface area contributed by atoms with Crippen molar-refractivity contribution >= 4 is 28.3 Å². The molecule has 0 heterocycles. The molecule has 4 heteroatoms. The molecule has 0 amide bonds. The van der Waals surface area contributed by atoms with E-state index in [1.165, 1.54) is 10.6 Å². The largest absolute Gasteiger partial charge is 0.464 e. The summed E-state index contributed by atoms with van der Waals surface area (Å²) in [6.45, 7) is 0. The zero-order valence-electron chi connectivity index (χ0n) is 11.7. The van der Waals surface area contributed by atoms with E-state index in [0.717, 1.165) is 5.75 Å². The topological polar surface area (TPSA) is 9.23 Å². The van der Waals surface area contributed by atoms with Gasteiger partial charge in [0.25, 0.3) is 0 Å². The van der Waals surface area contributed by atoms with Gasteiger partial charge in [-0.2, -0.15) is 0 Å². The normalized spacial score (nSPS) is 9.82. The number of halogens is 1. The van der Waals surface area contributed by atoms with Gasteiger partial charge in [0.05, 0.1) is 0 Å². The maximum atomic E-state index is 6.25. The van der Waals surface area contributed by atoms with Crippen molar-refractivity contribution in [1.29, 1.82) is 0 Å². The molecule has 0 aliphatic carbocycles. The summed E-state index contributed by atoms with van der Waals surface area (Å²) in [4.78, 5) is 0. The first kappa shape index (κ1) is 17.2. The number of benzene rings is 3. The Balaban J connectivity index is 0.000000847. The summed E-state index contributed by atoms with van der Waals surface area (Å²) in [5.74, 6) is 0.909. The van der Waals surface area contributed by atoms with Crippen LogP contribution < -0.4 is 15.1 Å². The molecule has 0 atom stereocenters. The van der Waals surface area contributed by atoms with Crippen molar-refractivity contribution in [3.05, 3.63) is 91.0 Å². The quantitative estimate of drug-likeness (QED) is 0.436. The Morgan fingerprint density at radius 1 is 0.591 bits per heavy atom. The molecular weight excluding hydrogens is 405 g/mol. The van der Waals surface area contributed by atoms with Gasteiger partial charge in [0, 0.05) is 10.6 Å². The third-order valence-corrected chi connectivity index (χ3v) is 4.85. The van der Waals surface area contributed by atoms with Crippen LogP contribution in [0.2, 0.25) is 0 Å². The number of hydrogen-bond donors (Lipinski definition) is 0. The molecule has 0 bridgehead atoms. The zero-order chi connectivity index (χ0) is 15.6. The van der Waals surface area contributed by atoms with E-state index in [2.05, 4.69) is 76.2 Å². The second-order valence-corrected chi connectivity index (χ2v) is 6.17. The molecule has 22 heavy (non-hydrogen) atoms. The van der Waals surface area contributed by atoms with Crippen LogP contribution in [0.3, 0.4) is 0 Å². The van der Waals surface area contributed by atoms with Crippen LogP contribution in [0.4, 0.5) is 0 Å². The Morgan fingerprint density at radius 3 is 1.36 bits per heavy atom. The van der Waals surface area contributed by atoms with Crippen LogP contribution in [-0.2, 0) is 18.2 Å². The second kappa shape index (κ2) is 9.78. The summed E-state index contributed by atoms with van der Waals surface area (Å²) >= 11 is 2.22. The standard InChI is InChI=1S/C18H15OP.ClH.Pd/c1-4-10-16(11-5-1)19-20(17-12-6-2-7-13-17)18-14-8-3-9-15-18;;/h1-15H;1H;/q;;+1/p-1. The van der Waals surface area contributed by atoms with Crippen molar-refractivity contribution in [2.24, 2.45) is 0 Å². The van der Waals surface area contributed by atoms with E-state index in [1.54, 1.807) is 0 Å². The Morgan fingerprint density at radius 2 is 0.955 bits per heavy atom. The molecule has 0 spiro atoms. The predicted molar refractivity (Wildman–Crippen MR) is 92.0 cm³/mol. The Kier molecular flexibility index (Phi) is 7.64. The van der Waals surface area contributed by atoms with Crippen LogP contribution in [0, 0.1) is 0 Å². The van der Waals surface area contributed by atoms with Crippen LogP contribution in [0.15, 0.2) is 91.0 Å². The maximum Gasteiger partial charge on any atom is 0.150 e. The monoisotopic (exact) mass is 419 g/mol. The van der Waals surface area contributed by atoms with Gasteiger partial charge < -0.3 is 4.52 Å². The number of para-hydroxylation sites is 1. The van der Waals surface area contributed by atoms with Crippen molar-refractivity contribution in [3.63, 3.8) is 0 Å². The zero-order valence-corrected chi connectivity index (χ0v) is 14.9. The van der Waals surface area contributed by atoms with Crippen molar-refractivity contribution < 1.29 is 22.7 Å². The van der Waals surface area contributed by atoms with Crippen LogP contribution >= 0.6 is 17.7 Å². The smallest absolute Gasteiger partial charge is 0.150 e. The van der Waals surface area contributed by atoms with Crippen molar-refractivity contribution in [2.45, 2.75) is 0 Å². The van der Waals surface area contributed by atoms with Crippen molar-refractivity contribution in [3.8, 4) is 5.75 Å². The second-order valence-electron chi connectivity index (χ2n) is 4.37. The van der Waals surface area contributed by atoms with E-state index in [0.29, 0.717) is 0 Å². The summed E-state index contributed by atoms with van der Waals surface area (Å²) < 4.78 is 6.25. The number of rotatable bonds is 4. The van der Waals surface area contributed by atoms with Gasteiger partial charge in [-0.05, 0) is 12.1 Å². The number of hydrogen-bond acceptors (Lipinski definition) is 1. The van der Waals surface area contributed by atoms with Gasteiger partial charge in [0.1, 0.15) is 5.75 Å². The third-order valence-electron chi connectivity index (χ3n) is 2.92. The van der Waals surface area contributed by atoms with Gasteiger partial charge in [-0.15, -0.1) is 0 Å². The fourth-order valence-electron chi connectivity index (χ4n) is 1.97. The van der Waals surface area contributed by atoms with Gasteiger partial charge in [0.15, 0.2) is 8.15 Å². The van der Waals surface area contributed by atoms with Crippen molar-refractivity contribution in [1.82, 2.24) is 0 Å². The van der Waals surface area contributed by atoms with E-state index >= 15 is 0 Å². The third kappa shape index (κ3) is 4.94. The SMILES string of the molecule is [Cl][Pd].c1ccc(OP(c2ccccc2)c2ccccc2)cc1. The van der Waals surface area contributed by atoms with Gasteiger partial charge in [0.2, 0.25) is 0 Å². The molecule has 3 aromatic carbocycles. The van der Waals surface area contributed by atoms with Crippen LogP contribution in [0.1, 0.15) is 0 Å². The molecule has 1 nitrogen and oxygen atoms in total. The first-order chi connectivity index (χ1) is 10.9. The molecule has 0 saturated heterocycles. The van der Waals surface area contributed by atoms with E-state index in [4.69, 9.17) is 4.52 Å². The molecule has 115 valence electrons. The summed E-state index contributed by atoms with van der Waals surface area (Å²) in [5, 5.41) is 2.44. The van der Waals surface area contributed by atoms with Gasteiger partial charge in [-0.25, -0.2) is 0 Å². The molecule has 0 aliphatic rings. The Bertz CT molecular complexity index is 610. The first-order valence-electron chi connectivity index (χ1n) is 6.69. The Labute approximate surface area is 147 Å². The molecule has 0 N–H and O–H groups in total. The molecule has 0 radical (unpaired) electrons. The van der Waals surface area contributed by atoms with E-state index in [-0.39, 0.29) is 0 Å². The molecular formula is C18H15ClOPPd. The minimum atomic E-state index is -0.827. The minimum absolute atomic E-state index is 0.827. The van der Waals surface area contributed by atoms with Crippen molar-refractivity contribution in [2.75, 3.05) is 0 Å². The van der Waals surface area contributed by atoms with Gasteiger partial charge >= 0.3 is 27.7 Å². The minimum Gasteiger partial charge on any atom is -0.464 e. The molecule has 3 rings (SSSR count). The summed E-state index contributed by atoms with van der Waals surface area (Å²) in [6, 6.07) is 30.8. The van der Waals surface area contributed by atoms with Crippen LogP contribution in [0.5, 0.6) is 5.75 Å². The van der Waals surface area contributed by atoms with E-state index < -0.39 is 8.15 Å². The molecule has 0 aromatic heterocycles. The summed E-state index contributed by atoms with van der Waals surface area (Å²) in [5.41, 5.74) is 0.